The van der Waals surface area contributed by atoms with E-state index in [9.17, 15) is 0 Å². The Morgan fingerprint density at radius 1 is 1.41 bits per heavy atom. The van der Waals surface area contributed by atoms with Crippen molar-refractivity contribution in [2.75, 3.05) is 17.8 Å². The van der Waals surface area contributed by atoms with Crippen molar-refractivity contribution < 1.29 is 5.11 Å². The van der Waals surface area contributed by atoms with E-state index in [1.165, 1.54) is 0 Å². The molecule has 92 valence electrons. The zero-order valence-electron chi connectivity index (χ0n) is 9.30. The predicted molar refractivity (Wildman–Crippen MR) is 63.1 cm³/mol. The van der Waals surface area contributed by atoms with E-state index in [1.807, 2.05) is 4.68 Å². The number of anilines is 2. The Kier molecular flexibility index (Phi) is 2.20. The minimum Gasteiger partial charge on any atom is -0.394 e. The van der Waals surface area contributed by atoms with Crippen LogP contribution in [0.3, 0.4) is 0 Å². The molecule has 0 radical (unpaired) electrons. The number of aliphatic hydroxyl groups excluding tert-OH is 1. The number of rotatable bonds is 4. The van der Waals surface area contributed by atoms with Gasteiger partial charge in [-0.1, -0.05) is 0 Å². The lowest BCUT2D eigenvalue weighted by Gasteiger charge is -2.26. The van der Waals surface area contributed by atoms with Crippen molar-refractivity contribution in [1.29, 1.82) is 0 Å². The number of nitrogens with two attached hydrogens (primary N) is 2. The first-order valence-corrected chi connectivity index (χ1v) is 5.58. The van der Waals surface area contributed by atoms with Crippen LogP contribution in [0.15, 0.2) is 0 Å². The highest BCUT2D eigenvalue weighted by atomic mass is 16.3. The van der Waals surface area contributed by atoms with Gasteiger partial charge >= 0.3 is 0 Å². The molecule has 8 nitrogen and oxygen atoms in total. The van der Waals surface area contributed by atoms with Crippen LogP contribution in [0.4, 0.5) is 11.8 Å². The third-order valence-corrected chi connectivity index (χ3v) is 2.96. The molecule has 0 aliphatic heterocycles. The van der Waals surface area contributed by atoms with E-state index < -0.39 is 0 Å². The molecule has 0 saturated heterocycles. The molecule has 0 bridgehead atoms. The summed E-state index contributed by atoms with van der Waals surface area (Å²) in [5.74, 6) is 6.15. The standard InChI is InChI=1S/C9H15N7O/c10-9-12-7(14-11)6-8(13-9)15(3-4-17)16(6)5-1-2-5/h5,17H,1-4,11H2,(H3,10,12,13,14). The van der Waals surface area contributed by atoms with Gasteiger partial charge in [-0.25, -0.2) is 5.84 Å². The zero-order chi connectivity index (χ0) is 12.0. The van der Waals surface area contributed by atoms with E-state index in [0.717, 1.165) is 24.0 Å². The molecule has 0 unspecified atom stereocenters. The molecule has 1 fully saturated rings. The van der Waals surface area contributed by atoms with Crippen molar-refractivity contribution in [2.24, 2.45) is 5.84 Å². The Hall–Kier alpha value is -1.80. The molecule has 1 aliphatic rings. The number of fused-ring (bicyclic) bond motifs is 1. The van der Waals surface area contributed by atoms with Gasteiger partial charge in [-0.2, -0.15) is 9.97 Å². The van der Waals surface area contributed by atoms with Crippen LogP contribution in [-0.4, -0.2) is 31.0 Å². The molecule has 0 spiro atoms. The summed E-state index contributed by atoms with van der Waals surface area (Å²) < 4.78 is 4.01. The Morgan fingerprint density at radius 3 is 2.76 bits per heavy atom. The molecule has 2 aromatic rings. The highest BCUT2D eigenvalue weighted by Gasteiger charge is 2.32. The minimum absolute atomic E-state index is 0.0674. The van der Waals surface area contributed by atoms with Crippen molar-refractivity contribution in [1.82, 2.24) is 19.3 Å². The highest BCUT2D eigenvalue weighted by Crippen LogP contribution is 2.40. The Bertz CT molecular complexity index is 553. The molecule has 6 N–H and O–H groups in total. The molecule has 1 aliphatic carbocycles. The number of aliphatic hydroxyl groups is 1. The molecule has 2 heterocycles. The third kappa shape index (κ3) is 1.45. The summed E-state index contributed by atoms with van der Waals surface area (Å²) in [5, 5.41) is 9.06. The molecule has 8 heteroatoms. The molecule has 1 saturated carbocycles. The lowest BCUT2D eigenvalue weighted by molar-refractivity contribution is 0.256. The Labute approximate surface area is 97.2 Å². The van der Waals surface area contributed by atoms with E-state index in [0.29, 0.717) is 18.4 Å². The SMILES string of the molecule is NNc1nc(N)nc2c1n(C1CC1)n2CCO. The van der Waals surface area contributed by atoms with Crippen molar-refractivity contribution in [3.8, 4) is 0 Å². The minimum atomic E-state index is 0.0674. The van der Waals surface area contributed by atoms with Crippen molar-refractivity contribution in [2.45, 2.75) is 25.4 Å². The fourth-order valence-electron chi connectivity index (χ4n) is 2.14. The second kappa shape index (κ2) is 3.60. The van der Waals surface area contributed by atoms with E-state index in [-0.39, 0.29) is 12.6 Å². The number of hydrogen-bond donors (Lipinski definition) is 4. The zero-order valence-corrected chi connectivity index (χ0v) is 9.30. The number of nitrogens with zero attached hydrogens (tertiary/aromatic N) is 4. The van der Waals surface area contributed by atoms with Crippen LogP contribution >= 0.6 is 0 Å². The number of hydrogen-bond acceptors (Lipinski definition) is 6. The normalized spacial score (nSPS) is 15.6. The van der Waals surface area contributed by atoms with Crippen LogP contribution in [0, 0.1) is 0 Å². The van der Waals surface area contributed by atoms with Gasteiger partial charge in [0.2, 0.25) is 5.95 Å². The number of aromatic nitrogens is 4. The average molecular weight is 237 g/mol. The van der Waals surface area contributed by atoms with Crippen molar-refractivity contribution in [3.63, 3.8) is 0 Å². The van der Waals surface area contributed by atoms with Crippen LogP contribution in [0.5, 0.6) is 0 Å². The van der Waals surface area contributed by atoms with Gasteiger partial charge in [0.25, 0.3) is 0 Å². The van der Waals surface area contributed by atoms with Crippen LogP contribution < -0.4 is 17.0 Å². The molecular formula is C9H15N7O. The van der Waals surface area contributed by atoms with Gasteiger partial charge in [0.1, 0.15) is 5.52 Å². The molecule has 0 amide bonds. The van der Waals surface area contributed by atoms with Gasteiger partial charge in [0.15, 0.2) is 11.5 Å². The Balaban J connectivity index is 2.18. The van der Waals surface area contributed by atoms with E-state index in [1.54, 1.807) is 0 Å². The second-order valence-corrected chi connectivity index (χ2v) is 4.17. The smallest absolute Gasteiger partial charge is 0.224 e. The summed E-state index contributed by atoms with van der Waals surface area (Å²) in [4.78, 5) is 8.23. The number of nitrogen functional groups attached to an aromatic ring is 2. The highest BCUT2D eigenvalue weighted by molar-refractivity contribution is 5.86. The van der Waals surface area contributed by atoms with Gasteiger partial charge in [0.05, 0.1) is 19.2 Å². The van der Waals surface area contributed by atoms with Crippen molar-refractivity contribution >= 4 is 22.9 Å². The maximum Gasteiger partial charge on any atom is 0.224 e. The van der Waals surface area contributed by atoms with Gasteiger partial charge in [0, 0.05) is 0 Å². The monoisotopic (exact) mass is 237 g/mol. The summed E-state index contributed by atoms with van der Waals surface area (Å²) in [6.07, 6.45) is 2.27. The van der Waals surface area contributed by atoms with Crippen LogP contribution in [0.25, 0.3) is 11.2 Å². The summed E-state index contributed by atoms with van der Waals surface area (Å²) in [5.41, 5.74) is 9.75. The third-order valence-electron chi connectivity index (χ3n) is 2.96. The second-order valence-electron chi connectivity index (χ2n) is 4.17. The van der Waals surface area contributed by atoms with Crippen molar-refractivity contribution in [3.05, 3.63) is 0 Å². The van der Waals surface area contributed by atoms with Gasteiger partial charge < -0.3 is 16.3 Å². The Morgan fingerprint density at radius 2 is 2.18 bits per heavy atom. The molecule has 3 rings (SSSR count). The molecular weight excluding hydrogens is 222 g/mol. The summed E-state index contributed by atoms with van der Waals surface area (Å²) in [6.45, 7) is 0.571. The van der Waals surface area contributed by atoms with Gasteiger partial charge in [-0.3, -0.25) is 9.36 Å². The average Bonchev–Trinajstić information content (AvgIpc) is 3.12. The lowest BCUT2D eigenvalue weighted by Crippen LogP contribution is -2.28. The molecule has 0 atom stereocenters. The first kappa shape index (κ1) is 10.4. The topological polar surface area (TPSA) is 120 Å². The van der Waals surface area contributed by atoms with Gasteiger partial charge in [-0.15, -0.1) is 0 Å². The lowest BCUT2D eigenvalue weighted by atomic mass is 10.4. The summed E-state index contributed by atoms with van der Waals surface area (Å²) >= 11 is 0. The van der Waals surface area contributed by atoms with E-state index >= 15 is 0 Å². The molecule has 2 aromatic heterocycles. The maximum absolute atomic E-state index is 9.06. The summed E-state index contributed by atoms with van der Waals surface area (Å²) in [6, 6.07) is 0.466. The first-order valence-electron chi connectivity index (χ1n) is 5.58. The van der Waals surface area contributed by atoms with Crippen LogP contribution in [0.2, 0.25) is 0 Å². The number of nitrogens with one attached hydrogen (secondary N) is 1. The predicted octanol–water partition coefficient (Wildman–Crippen LogP) is -0.572. The molecule has 17 heavy (non-hydrogen) atoms. The van der Waals surface area contributed by atoms with E-state index in [4.69, 9.17) is 16.7 Å². The van der Waals surface area contributed by atoms with E-state index in [2.05, 4.69) is 20.1 Å². The first-order chi connectivity index (χ1) is 8.26. The quantitative estimate of drug-likeness (QED) is 0.417. The van der Waals surface area contributed by atoms with Crippen LogP contribution in [0.1, 0.15) is 18.9 Å². The summed E-state index contributed by atoms with van der Waals surface area (Å²) in [7, 11) is 0. The van der Waals surface area contributed by atoms with Crippen LogP contribution in [-0.2, 0) is 6.54 Å². The fraction of sp³-hybridized carbons (Fsp3) is 0.556. The maximum atomic E-state index is 9.06. The largest absolute Gasteiger partial charge is 0.394 e. The van der Waals surface area contributed by atoms with Gasteiger partial charge in [-0.05, 0) is 12.8 Å². The number of hydrazine groups is 1. The fourth-order valence-corrected chi connectivity index (χ4v) is 2.14. The molecule has 0 aromatic carbocycles.